The molecule has 1 saturated carbocycles. The molecule has 67 heavy (non-hydrogen) atoms. The molecule has 8 heterocycles. The number of hydrogen-bond acceptors (Lipinski definition) is 11. The van der Waals surface area contributed by atoms with Crippen LogP contribution in [-0.4, -0.2) is 111 Å². The number of nitrogens with one attached hydrogen (secondary N) is 1. The number of rotatable bonds is 8. The van der Waals surface area contributed by atoms with E-state index in [-0.39, 0.29) is 12.0 Å². The Bertz CT molecular complexity index is 2550. The Kier molecular flexibility index (Phi) is 13.4. The van der Waals surface area contributed by atoms with Gasteiger partial charge in [0, 0.05) is 120 Å². The van der Waals surface area contributed by atoms with E-state index in [1.807, 2.05) is 53.3 Å². The van der Waals surface area contributed by atoms with Crippen molar-refractivity contribution in [3.05, 3.63) is 88.3 Å². The van der Waals surface area contributed by atoms with Crippen LogP contribution in [0, 0.1) is 22.7 Å². The second kappa shape index (κ2) is 19.9. The summed E-state index contributed by atoms with van der Waals surface area (Å²) < 4.78 is 8.07. The molecule has 5 aromatic rings. The van der Waals surface area contributed by atoms with Gasteiger partial charge in [0.05, 0.1) is 23.3 Å². The molecule has 2 aromatic carbocycles. The van der Waals surface area contributed by atoms with Gasteiger partial charge in [0.15, 0.2) is 11.6 Å². The lowest BCUT2D eigenvalue weighted by atomic mass is 9.78. The molecule has 0 bridgehead atoms. The maximum Gasteiger partial charge on any atom is 0.233 e. The molecule has 3 saturated heterocycles. The highest BCUT2D eigenvalue weighted by atomic mass is 35.5. The first-order valence-corrected chi connectivity index (χ1v) is 25.2. The van der Waals surface area contributed by atoms with E-state index in [4.69, 9.17) is 21.6 Å². The summed E-state index contributed by atoms with van der Waals surface area (Å²) in [7, 11) is 1.94. The van der Waals surface area contributed by atoms with Crippen molar-refractivity contribution in [3.8, 4) is 23.1 Å². The maximum absolute atomic E-state index is 11.9. The van der Waals surface area contributed by atoms with Gasteiger partial charge in [-0.05, 0) is 117 Å². The van der Waals surface area contributed by atoms with Crippen molar-refractivity contribution in [1.29, 1.82) is 5.26 Å². The average Bonchev–Trinajstić information content (AvgIpc) is 4.11. The maximum atomic E-state index is 11.9. The third kappa shape index (κ3) is 10.1. The van der Waals surface area contributed by atoms with Crippen molar-refractivity contribution in [2.24, 2.45) is 18.4 Å². The predicted molar refractivity (Wildman–Crippen MR) is 263 cm³/mol. The second-order valence-electron chi connectivity index (χ2n) is 20.0. The first-order chi connectivity index (χ1) is 32.7. The van der Waals surface area contributed by atoms with Crippen molar-refractivity contribution in [3.63, 3.8) is 0 Å². The number of amides is 1. The summed E-state index contributed by atoms with van der Waals surface area (Å²) in [5, 5.41) is 30.9. The van der Waals surface area contributed by atoms with Gasteiger partial charge in [-0.1, -0.05) is 36.9 Å². The van der Waals surface area contributed by atoms with Crippen LogP contribution in [0.1, 0.15) is 99.9 Å². The zero-order chi connectivity index (χ0) is 45.9. The molecule has 1 aliphatic carbocycles. The summed E-state index contributed by atoms with van der Waals surface area (Å²) >= 11 is 6.30. The smallest absolute Gasteiger partial charge is 0.233 e. The van der Waals surface area contributed by atoms with Gasteiger partial charge in [-0.3, -0.25) is 14.6 Å². The number of piperidine rings is 2. The fourth-order valence-electron chi connectivity index (χ4n) is 11.6. The SMILES string of the molecule is CC(=O)N1CCc2[nH]nc(N3CCCc4cc(-c5cnn(C)c5)ccc43)c2C1.N#Cc1ccc(N2CCC3(CCN(c4ccc(OC5CCN(CC6CCCCC6)CC5)nn4)CC3)C2)cc1Cl. The molecule has 1 spiro atoms. The normalized spacial score (nSPS) is 20.0. The third-order valence-electron chi connectivity index (χ3n) is 15.6. The number of likely N-dealkylation sites (tertiary alicyclic amines) is 1. The Morgan fingerprint density at radius 2 is 1.69 bits per heavy atom. The number of nitrogens with zero attached hydrogens (tertiary/aromatic N) is 11. The van der Waals surface area contributed by atoms with Gasteiger partial charge in [0.1, 0.15) is 12.2 Å². The number of aryl methyl sites for hydroxylation is 2. The summed E-state index contributed by atoms with van der Waals surface area (Å²) in [5.74, 6) is 3.61. The lowest BCUT2D eigenvalue weighted by molar-refractivity contribution is -0.129. The molecule has 0 radical (unpaired) electrons. The van der Waals surface area contributed by atoms with E-state index in [9.17, 15) is 4.79 Å². The average molecular weight is 926 g/mol. The lowest BCUT2D eigenvalue weighted by Gasteiger charge is -2.39. The molecule has 6 aliphatic rings. The monoisotopic (exact) mass is 925 g/mol. The Hall–Kier alpha value is -5.65. The molecule has 1 amide bonds. The summed E-state index contributed by atoms with van der Waals surface area (Å²) in [4.78, 5) is 23.5. The van der Waals surface area contributed by atoms with Crippen molar-refractivity contribution in [2.45, 2.75) is 103 Å². The second-order valence-corrected chi connectivity index (χ2v) is 20.4. The van der Waals surface area contributed by atoms with E-state index in [0.29, 0.717) is 28.4 Å². The first kappa shape index (κ1) is 45.1. The Balaban J connectivity index is 0.000000165. The summed E-state index contributed by atoms with van der Waals surface area (Å²) in [6.07, 6.45) is 19.9. The number of benzene rings is 2. The van der Waals surface area contributed by atoms with Crippen LogP contribution < -0.4 is 19.4 Å². The number of fused-ring (bicyclic) bond motifs is 2. The van der Waals surface area contributed by atoms with Gasteiger partial charge in [-0.15, -0.1) is 10.2 Å². The fourth-order valence-corrected chi connectivity index (χ4v) is 11.8. The van der Waals surface area contributed by atoms with Crippen LogP contribution in [0.3, 0.4) is 0 Å². The topological polar surface area (TPSA) is 139 Å². The van der Waals surface area contributed by atoms with Crippen molar-refractivity contribution >= 4 is 40.5 Å². The zero-order valence-electron chi connectivity index (χ0n) is 39.3. The molecule has 1 N–H and O–H groups in total. The molecule has 15 heteroatoms. The number of carbonyl (C=O) groups is 1. The van der Waals surface area contributed by atoms with Gasteiger partial charge < -0.3 is 29.2 Å². The van der Waals surface area contributed by atoms with E-state index in [1.54, 1.807) is 6.92 Å². The van der Waals surface area contributed by atoms with E-state index >= 15 is 0 Å². The molecule has 5 aliphatic heterocycles. The predicted octanol–water partition coefficient (Wildman–Crippen LogP) is 8.72. The summed E-state index contributed by atoms with van der Waals surface area (Å²) in [5.41, 5.74) is 9.19. The zero-order valence-corrected chi connectivity index (χ0v) is 40.1. The number of carbonyl (C=O) groups excluding carboxylic acids is 1. The minimum atomic E-state index is 0.123. The number of nitriles is 1. The van der Waals surface area contributed by atoms with Crippen LogP contribution in [0.15, 0.2) is 60.9 Å². The minimum Gasteiger partial charge on any atom is -0.473 e. The third-order valence-corrected chi connectivity index (χ3v) is 15.9. The molecule has 4 fully saturated rings. The number of hydrogen-bond donors (Lipinski definition) is 1. The molecule has 14 nitrogen and oxygen atoms in total. The van der Waals surface area contributed by atoms with E-state index in [1.165, 1.54) is 61.9 Å². The number of ether oxygens (including phenoxy) is 1. The lowest BCUT2D eigenvalue weighted by Crippen LogP contribution is -2.42. The van der Waals surface area contributed by atoms with Gasteiger partial charge in [0.25, 0.3) is 0 Å². The van der Waals surface area contributed by atoms with E-state index in [2.05, 4.69) is 75.4 Å². The standard InChI is InChI=1S/C31H41ClN6O.C21H24N6O/c32-28-20-26(7-6-25(28)21-33)38-19-14-31(23-38)12-17-37(18-13-31)29-8-9-30(35-34-29)39-27-10-15-36(16-11-27)22-24-4-2-1-3-5-24;1-14(28)26-9-7-19-18(13-26)21(24-23-19)27-8-3-4-16-10-15(5-6-20(16)27)17-11-22-25(2)12-17/h6-9,20,24,27H,1-5,10-19,22-23H2;5-6,10-12H,3-4,7-9,13H2,1-2H3,(H,23,24). The molecule has 11 rings (SSSR count). The molecule has 3 aromatic heterocycles. The van der Waals surface area contributed by atoms with Crippen LogP contribution in [0.25, 0.3) is 11.1 Å². The Morgan fingerprint density at radius 3 is 2.40 bits per heavy atom. The van der Waals surface area contributed by atoms with E-state index < -0.39 is 0 Å². The van der Waals surface area contributed by atoms with Crippen molar-refractivity contribution in [2.75, 3.05) is 73.6 Å². The molecule has 0 atom stereocenters. The molecule has 352 valence electrons. The van der Waals surface area contributed by atoms with Gasteiger partial charge in [0.2, 0.25) is 11.8 Å². The van der Waals surface area contributed by atoms with Crippen LogP contribution in [0.2, 0.25) is 5.02 Å². The van der Waals surface area contributed by atoms with Gasteiger partial charge in [-0.25, -0.2) is 0 Å². The number of halogens is 1. The van der Waals surface area contributed by atoms with Crippen molar-refractivity contribution < 1.29 is 9.53 Å². The summed E-state index contributed by atoms with van der Waals surface area (Å²) in [6.45, 7) is 11.6. The summed E-state index contributed by atoms with van der Waals surface area (Å²) in [6, 6.07) is 18.7. The van der Waals surface area contributed by atoms with Crippen LogP contribution in [0.5, 0.6) is 5.88 Å². The fraction of sp³-hybridized carbons (Fsp3) is 0.538. The highest BCUT2D eigenvalue weighted by Gasteiger charge is 2.41. The van der Waals surface area contributed by atoms with Gasteiger partial charge >= 0.3 is 0 Å². The number of H-pyrrole nitrogens is 1. The van der Waals surface area contributed by atoms with Crippen molar-refractivity contribution in [1.82, 2.24) is 40.0 Å². The number of aromatic amines is 1. The highest BCUT2D eigenvalue weighted by Crippen LogP contribution is 2.43. The van der Waals surface area contributed by atoms with Crippen LogP contribution >= 0.6 is 11.6 Å². The molecule has 0 unspecified atom stereocenters. The van der Waals surface area contributed by atoms with Gasteiger partial charge in [-0.2, -0.15) is 15.5 Å². The minimum absolute atomic E-state index is 0.123. The Labute approximate surface area is 400 Å². The Morgan fingerprint density at radius 1 is 0.881 bits per heavy atom. The molecular formula is C52H65ClN12O2. The van der Waals surface area contributed by atoms with Crippen LogP contribution in [0.4, 0.5) is 23.0 Å². The molecular weight excluding hydrogens is 860 g/mol. The largest absolute Gasteiger partial charge is 0.473 e. The number of aromatic nitrogens is 6. The number of anilines is 4. The quantitative estimate of drug-likeness (QED) is 0.160. The van der Waals surface area contributed by atoms with E-state index in [0.717, 1.165) is 137 Å². The highest BCUT2D eigenvalue weighted by molar-refractivity contribution is 6.32. The first-order valence-electron chi connectivity index (χ1n) is 24.8. The van der Waals surface area contributed by atoms with Crippen LogP contribution in [-0.2, 0) is 31.2 Å².